The number of rotatable bonds is 6. The Morgan fingerprint density at radius 2 is 1.87 bits per heavy atom. The third kappa shape index (κ3) is 4.52. The molecular formula is C23H24FN3O2S. The summed E-state index contributed by atoms with van der Waals surface area (Å²) in [5, 5.41) is 14.0. The Kier molecular flexibility index (Phi) is 6.11. The number of nitrogens with one attached hydrogen (secondary N) is 1. The number of hydrogen-bond donors (Lipinski definition) is 3. The molecule has 1 fully saturated rings. The van der Waals surface area contributed by atoms with E-state index in [1.807, 2.05) is 41.1 Å². The van der Waals surface area contributed by atoms with Crippen LogP contribution in [0.2, 0.25) is 0 Å². The highest BCUT2D eigenvalue weighted by Crippen LogP contribution is 2.33. The van der Waals surface area contributed by atoms with E-state index >= 15 is 0 Å². The van der Waals surface area contributed by atoms with Gasteiger partial charge in [0.05, 0.1) is 16.7 Å². The standard InChI is InChI=1S/C23H24FN3O2S/c24-19-4-1-2-5-21(19)30-22-6-3-13-27(22)16-9-12-18(23(25)29)20(14-16)26-15-7-10-17(28)11-8-15/h1-6,9,12-15,17,26,28H,7-8,10-11H2,(H2,25,29). The summed E-state index contributed by atoms with van der Waals surface area (Å²) in [5.74, 6) is -0.755. The molecule has 0 aliphatic heterocycles. The maximum absolute atomic E-state index is 14.1. The average molecular weight is 426 g/mol. The second-order valence-electron chi connectivity index (χ2n) is 7.49. The van der Waals surface area contributed by atoms with Crippen molar-refractivity contribution in [1.82, 2.24) is 4.57 Å². The monoisotopic (exact) mass is 425 g/mol. The number of aliphatic hydroxyl groups excluding tert-OH is 1. The van der Waals surface area contributed by atoms with E-state index in [-0.39, 0.29) is 18.0 Å². The fourth-order valence-corrected chi connectivity index (χ4v) is 4.71. The summed E-state index contributed by atoms with van der Waals surface area (Å²) in [6.07, 6.45) is 4.81. The van der Waals surface area contributed by atoms with Gasteiger partial charge in [0.25, 0.3) is 5.91 Å². The topological polar surface area (TPSA) is 80.3 Å². The van der Waals surface area contributed by atoms with Crippen molar-refractivity contribution >= 4 is 23.4 Å². The molecule has 0 unspecified atom stereocenters. The van der Waals surface area contributed by atoms with Gasteiger partial charge in [-0.25, -0.2) is 4.39 Å². The lowest BCUT2D eigenvalue weighted by molar-refractivity contribution is 0.100. The predicted octanol–water partition coefficient (Wildman–Crippen LogP) is 4.58. The van der Waals surface area contributed by atoms with E-state index in [2.05, 4.69) is 5.32 Å². The summed E-state index contributed by atoms with van der Waals surface area (Å²) in [6, 6.07) is 16.1. The van der Waals surface area contributed by atoms with Crippen molar-refractivity contribution in [2.75, 3.05) is 5.32 Å². The van der Waals surface area contributed by atoms with Crippen molar-refractivity contribution in [3.63, 3.8) is 0 Å². The summed E-state index contributed by atoms with van der Waals surface area (Å²) in [7, 11) is 0. The van der Waals surface area contributed by atoms with E-state index in [1.54, 1.807) is 18.2 Å². The minimum Gasteiger partial charge on any atom is -0.393 e. The van der Waals surface area contributed by atoms with Crippen LogP contribution in [0.1, 0.15) is 36.0 Å². The van der Waals surface area contributed by atoms with Gasteiger partial charge in [-0.15, -0.1) is 0 Å². The van der Waals surface area contributed by atoms with Gasteiger partial charge in [0.1, 0.15) is 5.82 Å². The Labute approximate surface area is 179 Å². The first-order chi connectivity index (χ1) is 14.5. The van der Waals surface area contributed by atoms with Crippen LogP contribution in [-0.4, -0.2) is 27.7 Å². The van der Waals surface area contributed by atoms with E-state index in [1.165, 1.54) is 17.8 Å². The summed E-state index contributed by atoms with van der Waals surface area (Å²) in [6.45, 7) is 0. The van der Waals surface area contributed by atoms with Crippen LogP contribution in [0, 0.1) is 5.82 Å². The molecule has 30 heavy (non-hydrogen) atoms. The molecule has 7 heteroatoms. The van der Waals surface area contributed by atoms with Crippen LogP contribution in [0.15, 0.2) is 70.7 Å². The summed E-state index contributed by atoms with van der Waals surface area (Å²) in [4.78, 5) is 12.5. The van der Waals surface area contributed by atoms with Gasteiger partial charge >= 0.3 is 0 Å². The number of amides is 1. The molecule has 1 aromatic heterocycles. The summed E-state index contributed by atoms with van der Waals surface area (Å²) < 4.78 is 16.1. The van der Waals surface area contributed by atoms with Crippen molar-refractivity contribution in [1.29, 1.82) is 0 Å². The SMILES string of the molecule is NC(=O)c1ccc(-n2cccc2Sc2ccccc2F)cc1NC1CCC(O)CC1. The van der Waals surface area contributed by atoms with Crippen molar-refractivity contribution in [2.24, 2.45) is 5.73 Å². The lowest BCUT2D eigenvalue weighted by atomic mass is 9.92. The first kappa shape index (κ1) is 20.5. The van der Waals surface area contributed by atoms with Crippen LogP contribution in [0.3, 0.4) is 0 Å². The van der Waals surface area contributed by atoms with Crippen LogP contribution in [-0.2, 0) is 0 Å². The van der Waals surface area contributed by atoms with E-state index in [0.717, 1.165) is 36.4 Å². The molecule has 1 amide bonds. The van der Waals surface area contributed by atoms with Gasteiger partial charge in [0.15, 0.2) is 0 Å². The molecule has 0 saturated heterocycles. The first-order valence-corrected chi connectivity index (χ1v) is 10.8. The molecule has 0 bridgehead atoms. The van der Waals surface area contributed by atoms with Crippen molar-refractivity contribution in [3.05, 3.63) is 72.2 Å². The van der Waals surface area contributed by atoms with Crippen LogP contribution in [0.4, 0.5) is 10.1 Å². The Balaban J connectivity index is 1.63. The van der Waals surface area contributed by atoms with Gasteiger partial charge in [0.2, 0.25) is 0 Å². The van der Waals surface area contributed by atoms with Gasteiger partial charge in [-0.2, -0.15) is 0 Å². The van der Waals surface area contributed by atoms with Gasteiger partial charge < -0.3 is 20.7 Å². The zero-order valence-corrected chi connectivity index (χ0v) is 17.2. The van der Waals surface area contributed by atoms with E-state index in [4.69, 9.17) is 5.73 Å². The smallest absolute Gasteiger partial charge is 0.250 e. The number of carbonyl (C=O) groups is 1. The first-order valence-electron chi connectivity index (χ1n) is 10.00. The lowest BCUT2D eigenvalue weighted by Gasteiger charge is -2.28. The quantitative estimate of drug-likeness (QED) is 0.540. The zero-order valence-electron chi connectivity index (χ0n) is 16.4. The largest absolute Gasteiger partial charge is 0.393 e. The van der Waals surface area contributed by atoms with Crippen molar-refractivity contribution in [2.45, 2.75) is 47.8 Å². The molecule has 1 saturated carbocycles. The van der Waals surface area contributed by atoms with Gasteiger partial charge in [-0.1, -0.05) is 23.9 Å². The molecule has 1 heterocycles. The zero-order chi connectivity index (χ0) is 21.1. The highest BCUT2D eigenvalue weighted by Gasteiger charge is 2.21. The number of carbonyl (C=O) groups excluding carboxylic acids is 1. The van der Waals surface area contributed by atoms with Crippen LogP contribution in [0.25, 0.3) is 5.69 Å². The molecule has 0 radical (unpaired) electrons. The maximum atomic E-state index is 14.1. The van der Waals surface area contributed by atoms with Gasteiger partial charge in [-0.05, 0) is 68.1 Å². The molecule has 1 aliphatic rings. The molecule has 156 valence electrons. The molecular weight excluding hydrogens is 401 g/mol. The summed E-state index contributed by atoms with van der Waals surface area (Å²) >= 11 is 1.34. The molecule has 4 N–H and O–H groups in total. The predicted molar refractivity (Wildman–Crippen MR) is 117 cm³/mol. The van der Waals surface area contributed by atoms with E-state index < -0.39 is 5.91 Å². The molecule has 1 aliphatic carbocycles. The Morgan fingerprint density at radius 3 is 2.60 bits per heavy atom. The molecule has 2 aromatic carbocycles. The maximum Gasteiger partial charge on any atom is 0.250 e. The third-order valence-electron chi connectivity index (χ3n) is 5.37. The average Bonchev–Trinajstić information content (AvgIpc) is 3.19. The highest BCUT2D eigenvalue weighted by molar-refractivity contribution is 7.99. The van der Waals surface area contributed by atoms with E-state index in [0.29, 0.717) is 16.1 Å². The third-order valence-corrected chi connectivity index (χ3v) is 6.46. The van der Waals surface area contributed by atoms with Crippen LogP contribution < -0.4 is 11.1 Å². The number of anilines is 1. The molecule has 0 atom stereocenters. The number of benzene rings is 2. The number of nitrogens with two attached hydrogens (primary N) is 1. The summed E-state index contributed by atoms with van der Waals surface area (Å²) in [5.41, 5.74) is 7.55. The Bertz CT molecular complexity index is 1040. The van der Waals surface area contributed by atoms with Crippen LogP contribution >= 0.6 is 11.8 Å². The molecule has 3 aromatic rings. The Morgan fingerprint density at radius 1 is 1.10 bits per heavy atom. The van der Waals surface area contributed by atoms with Crippen LogP contribution in [0.5, 0.6) is 0 Å². The fourth-order valence-electron chi connectivity index (χ4n) is 3.76. The molecule has 5 nitrogen and oxygen atoms in total. The fraction of sp³-hybridized carbons (Fsp3) is 0.261. The number of hydrogen-bond acceptors (Lipinski definition) is 4. The van der Waals surface area contributed by atoms with Gasteiger partial charge in [-0.3, -0.25) is 4.79 Å². The normalized spacial score (nSPS) is 18.9. The van der Waals surface area contributed by atoms with Crippen molar-refractivity contribution < 1.29 is 14.3 Å². The number of aromatic nitrogens is 1. The van der Waals surface area contributed by atoms with E-state index in [9.17, 15) is 14.3 Å². The second-order valence-corrected chi connectivity index (χ2v) is 8.56. The minimum absolute atomic E-state index is 0.179. The molecule has 0 spiro atoms. The van der Waals surface area contributed by atoms with Crippen molar-refractivity contribution in [3.8, 4) is 5.69 Å². The number of nitrogens with zero attached hydrogens (tertiary/aromatic N) is 1. The number of halogens is 1. The number of primary amides is 1. The highest BCUT2D eigenvalue weighted by atomic mass is 32.2. The number of aliphatic hydroxyl groups is 1. The molecule has 4 rings (SSSR count). The van der Waals surface area contributed by atoms with Gasteiger partial charge in [0, 0.05) is 28.5 Å². The Hall–Kier alpha value is -2.77. The lowest BCUT2D eigenvalue weighted by Crippen LogP contribution is -2.29. The second kappa shape index (κ2) is 8.93. The minimum atomic E-state index is -0.492.